The molecule has 3 atom stereocenters. The summed E-state index contributed by atoms with van der Waals surface area (Å²) >= 11 is 0. The number of carbonyl (C=O) groups is 1. The number of furan rings is 1. The molecule has 1 aromatic heterocycles. The molecule has 3 unspecified atom stereocenters. The molecule has 8 heteroatoms. The van der Waals surface area contributed by atoms with Crippen LogP contribution >= 0.6 is 0 Å². The molecule has 8 nitrogen and oxygen atoms in total. The number of hydrogen-bond donors (Lipinski definition) is 1. The predicted molar refractivity (Wildman–Crippen MR) is 148 cm³/mol. The van der Waals surface area contributed by atoms with Gasteiger partial charge in [-0.3, -0.25) is 4.79 Å². The summed E-state index contributed by atoms with van der Waals surface area (Å²) in [7, 11) is 6.34. The van der Waals surface area contributed by atoms with E-state index < -0.39 is 11.2 Å². The SMILES string of the molecule is COc1ccc(C23Oc4cc(OC)cc(OC)c4C2(O)CCC3c2ccccc2)cc1.COc1ccc(C=O)o1. The van der Waals surface area contributed by atoms with Crippen LogP contribution in [0, 0.1) is 0 Å². The second-order valence-corrected chi connectivity index (χ2v) is 9.61. The largest absolute Gasteiger partial charge is 0.497 e. The minimum absolute atomic E-state index is 0.0461. The Hall–Kier alpha value is -4.43. The number of fused-ring (bicyclic) bond motifs is 3. The van der Waals surface area contributed by atoms with Crippen LogP contribution in [0.1, 0.15) is 46.0 Å². The Morgan fingerprint density at radius 1 is 0.850 bits per heavy atom. The summed E-state index contributed by atoms with van der Waals surface area (Å²) in [5.41, 5.74) is 0.467. The zero-order valence-electron chi connectivity index (χ0n) is 22.9. The fourth-order valence-corrected chi connectivity index (χ4v) is 5.93. The summed E-state index contributed by atoms with van der Waals surface area (Å²) < 4.78 is 32.8. The highest BCUT2D eigenvalue weighted by Gasteiger charge is 2.69. The molecule has 0 spiro atoms. The van der Waals surface area contributed by atoms with Gasteiger partial charge in [0.25, 0.3) is 5.95 Å². The van der Waals surface area contributed by atoms with Gasteiger partial charge in [0.1, 0.15) is 28.6 Å². The lowest BCUT2D eigenvalue weighted by atomic mass is 9.71. The van der Waals surface area contributed by atoms with E-state index >= 15 is 0 Å². The summed E-state index contributed by atoms with van der Waals surface area (Å²) in [6, 6.07) is 24.8. The molecule has 2 heterocycles. The summed E-state index contributed by atoms with van der Waals surface area (Å²) in [5, 5.41) is 12.3. The highest BCUT2D eigenvalue weighted by molar-refractivity contribution is 5.70. The van der Waals surface area contributed by atoms with Crippen LogP contribution in [-0.2, 0) is 11.2 Å². The van der Waals surface area contributed by atoms with Crippen molar-refractivity contribution in [3.05, 3.63) is 101 Å². The molecular formula is C32H32O8. The van der Waals surface area contributed by atoms with E-state index in [2.05, 4.69) is 16.9 Å². The predicted octanol–water partition coefficient (Wildman–Crippen LogP) is 5.87. The third-order valence-electron chi connectivity index (χ3n) is 7.72. The first-order chi connectivity index (χ1) is 19.4. The van der Waals surface area contributed by atoms with Gasteiger partial charge in [0.15, 0.2) is 17.6 Å². The summed E-state index contributed by atoms with van der Waals surface area (Å²) in [5.74, 6) is 3.14. The van der Waals surface area contributed by atoms with Crippen LogP contribution in [0.2, 0.25) is 0 Å². The monoisotopic (exact) mass is 544 g/mol. The number of carbonyl (C=O) groups excluding carboxylic acids is 1. The average molecular weight is 545 g/mol. The minimum Gasteiger partial charge on any atom is -0.497 e. The molecule has 1 saturated carbocycles. The van der Waals surface area contributed by atoms with E-state index in [-0.39, 0.29) is 11.7 Å². The highest BCUT2D eigenvalue weighted by Crippen LogP contribution is 2.68. The normalized spacial score (nSPS) is 22.2. The Kier molecular flexibility index (Phi) is 7.45. The fourth-order valence-electron chi connectivity index (χ4n) is 5.93. The van der Waals surface area contributed by atoms with Crippen molar-refractivity contribution < 1.29 is 38.0 Å². The Morgan fingerprint density at radius 3 is 2.15 bits per heavy atom. The van der Waals surface area contributed by atoms with Crippen molar-refractivity contribution in [1.29, 1.82) is 0 Å². The van der Waals surface area contributed by atoms with Crippen LogP contribution in [0.5, 0.6) is 28.9 Å². The molecule has 6 rings (SSSR count). The molecule has 1 aliphatic heterocycles. The van der Waals surface area contributed by atoms with E-state index in [9.17, 15) is 9.90 Å². The zero-order chi connectivity index (χ0) is 28.3. The van der Waals surface area contributed by atoms with E-state index in [0.717, 1.165) is 23.3 Å². The summed E-state index contributed by atoms with van der Waals surface area (Å²) in [6.07, 6.45) is 1.96. The van der Waals surface area contributed by atoms with Crippen molar-refractivity contribution in [2.75, 3.05) is 28.4 Å². The van der Waals surface area contributed by atoms with E-state index in [1.54, 1.807) is 39.5 Å². The lowest BCUT2D eigenvalue weighted by molar-refractivity contribution is -0.106. The first-order valence-electron chi connectivity index (χ1n) is 12.9. The standard InChI is InChI=1S/C26H26O5.C6H6O3/c1-28-19-11-9-18(10-12-19)26-21(17-7-5-4-6-8-17)13-14-25(26,27)24-22(30-3)15-20(29-2)16-23(24)31-26;1-8-6-3-2-5(4-7)9-6/h4-12,15-16,21,27H,13-14H2,1-3H3;2-4H,1H3. The third kappa shape index (κ3) is 4.34. The number of methoxy groups -OCH3 is 4. The third-order valence-corrected chi connectivity index (χ3v) is 7.72. The maximum absolute atomic E-state index is 12.3. The van der Waals surface area contributed by atoms with Crippen LogP contribution in [0.25, 0.3) is 0 Å². The van der Waals surface area contributed by atoms with Crippen LogP contribution in [0.15, 0.2) is 83.3 Å². The maximum atomic E-state index is 12.3. The molecule has 2 aliphatic rings. The van der Waals surface area contributed by atoms with Gasteiger partial charge in [0.2, 0.25) is 0 Å². The molecule has 1 N–H and O–H groups in total. The van der Waals surface area contributed by atoms with Gasteiger partial charge in [-0.05, 0) is 42.2 Å². The van der Waals surface area contributed by atoms with Crippen molar-refractivity contribution in [1.82, 2.24) is 0 Å². The van der Waals surface area contributed by atoms with Crippen LogP contribution in [0.4, 0.5) is 0 Å². The number of rotatable bonds is 7. The molecule has 0 amide bonds. The Balaban J connectivity index is 0.000000306. The molecule has 0 saturated heterocycles. The van der Waals surface area contributed by atoms with Crippen molar-refractivity contribution >= 4 is 6.29 Å². The summed E-state index contributed by atoms with van der Waals surface area (Å²) in [6.45, 7) is 0. The van der Waals surface area contributed by atoms with Crippen LogP contribution in [0.3, 0.4) is 0 Å². The van der Waals surface area contributed by atoms with Gasteiger partial charge in [-0.15, -0.1) is 0 Å². The van der Waals surface area contributed by atoms with Crippen molar-refractivity contribution in [3.8, 4) is 28.9 Å². The van der Waals surface area contributed by atoms with E-state index in [1.165, 1.54) is 7.11 Å². The molecule has 208 valence electrons. The topological polar surface area (TPSA) is 96.6 Å². The molecule has 4 aromatic rings. The average Bonchev–Trinajstić information content (AvgIpc) is 3.67. The smallest absolute Gasteiger partial charge is 0.284 e. The number of hydrogen-bond acceptors (Lipinski definition) is 8. The Morgan fingerprint density at radius 2 is 1.57 bits per heavy atom. The van der Waals surface area contributed by atoms with Gasteiger partial charge in [-0.25, -0.2) is 0 Å². The highest BCUT2D eigenvalue weighted by atomic mass is 16.6. The quantitative estimate of drug-likeness (QED) is 0.289. The molecule has 1 aliphatic carbocycles. The van der Waals surface area contributed by atoms with Gasteiger partial charge < -0.3 is 33.2 Å². The lowest BCUT2D eigenvalue weighted by Crippen LogP contribution is -2.48. The van der Waals surface area contributed by atoms with Gasteiger partial charge in [0, 0.05) is 24.1 Å². The molecular weight excluding hydrogens is 512 g/mol. The van der Waals surface area contributed by atoms with Crippen LogP contribution in [-0.4, -0.2) is 39.8 Å². The van der Waals surface area contributed by atoms with Crippen molar-refractivity contribution in [3.63, 3.8) is 0 Å². The molecule has 3 aromatic carbocycles. The van der Waals surface area contributed by atoms with Crippen LogP contribution < -0.4 is 23.7 Å². The molecule has 0 radical (unpaired) electrons. The Labute approximate surface area is 233 Å². The van der Waals surface area contributed by atoms with Gasteiger partial charge in [0.05, 0.1) is 34.0 Å². The maximum Gasteiger partial charge on any atom is 0.284 e. The number of ether oxygens (including phenoxy) is 5. The van der Waals surface area contributed by atoms with E-state index in [4.69, 9.17) is 23.4 Å². The fraction of sp³-hybridized carbons (Fsp3) is 0.281. The zero-order valence-corrected chi connectivity index (χ0v) is 22.9. The number of benzene rings is 3. The van der Waals surface area contributed by atoms with Crippen molar-refractivity contribution in [2.24, 2.45) is 0 Å². The molecule has 1 fully saturated rings. The lowest BCUT2D eigenvalue weighted by Gasteiger charge is -2.40. The second-order valence-electron chi connectivity index (χ2n) is 9.61. The molecule has 0 bridgehead atoms. The number of aldehydes is 1. The summed E-state index contributed by atoms with van der Waals surface area (Å²) in [4.78, 5) is 9.99. The van der Waals surface area contributed by atoms with Gasteiger partial charge >= 0.3 is 0 Å². The van der Waals surface area contributed by atoms with Crippen molar-refractivity contribution in [2.45, 2.75) is 30.0 Å². The van der Waals surface area contributed by atoms with Gasteiger partial charge in [-0.1, -0.05) is 42.5 Å². The second kappa shape index (κ2) is 11.0. The Bertz CT molecular complexity index is 1460. The first kappa shape index (κ1) is 27.1. The number of aliphatic hydroxyl groups is 1. The van der Waals surface area contributed by atoms with E-state index in [0.29, 0.717) is 41.5 Å². The van der Waals surface area contributed by atoms with Gasteiger partial charge in [-0.2, -0.15) is 0 Å². The minimum atomic E-state index is -1.25. The first-order valence-corrected chi connectivity index (χ1v) is 12.9. The molecule has 40 heavy (non-hydrogen) atoms. The van der Waals surface area contributed by atoms with E-state index in [1.807, 2.05) is 48.5 Å².